The van der Waals surface area contributed by atoms with Crippen molar-refractivity contribution in [2.45, 2.75) is 31.7 Å². The summed E-state index contributed by atoms with van der Waals surface area (Å²) in [7, 11) is 0. The molecule has 2 aliphatic rings. The van der Waals surface area contributed by atoms with Crippen molar-refractivity contribution in [2.75, 3.05) is 13.2 Å². The number of fused-ring (bicyclic) bond motifs is 1. The summed E-state index contributed by atoms with van der Waals surface area (Å²) in [6.07, 6.45) is 5.03. The Morgan fingerprint density at radius 1 is 1.45 bits per heavy atom. The molecule has 0 amide bonds. The first-order valence-corrected chi connectivity index (χ1v) is 4.14. The van der Waals surface area contributed by atoms with Gasteiger partial charge in [0.15, 0.2) is 0 Å². The first kappa shape index (κ1) is 10.6. The number of hydrogen-bond acceptors (Lipinski definition) is 2. The molecular weight excluding hydrogens is 165 g/mol. The molecule has 0 aromatic heterocycles. The molecule has 2 nitrogen and oxygen atoms in total. The molecule has 11 heavy (non-hydrogen) atoms. The minimum Gasteiger partial charge on any atom is -0.449 e. The van der Waals surface area contributed by atoms with Crippen molar-refractivity contribution in [3.05, 3.63) is 6.04 Å². The zero-order valence-electron chi connectivity index (χ0n) is 7.21. The van der Waals surface area contributed by atoms with Gasteiger partial charge in [0, 0.05) is 6.04 Å². The Balaban J connectivity index is 0.000000605. The van der Waals surface area contributed by atoms with Crippen LogP contribution in [0.2, 0.25) is 0 Å². The molecule has 0 radical (unpaired) electrons. The van der Waals surface area contributed by atoms with Crippen LogP contribution < -0.4 is 51.4 Å². The number of nitrogens with zero attached hydrogens (tertiary/aromatic N) is 1. The number of rotatable bonds is 1. The van der Waals surface area contributed by atoms with Gasteiger partial charge in [-0.2, -0.15) is 12.8 Å². The number of hydrogen-bond donors (Lipinski definition) is 1. The first-order valence-electron chi connectivity index (χ1n) is 4.14. The van der Waals surface area contributed by atoms with Crippen LogP contribution in [0.25, 0.3) is 0 Å². The summed E-state index contributed by atoms with van der Waals surface area (Å²) in [6.45, 7) is 1.55. The SMILES string of the molecule is OCC1CC[C-]2CCCN21.[K+]. The van der Waals surface area contributed by atoms with E-state index in [1.165, 1.54) is 32.2 Å². The summed E-state index contributed by atoms with van der Waals surface area (Å²) in [5.41, 5.74) is 0. The van der Waals surface area contributed by atoms with Crippen LogP contribution in [0.1, 0.15) is 25.7 Å². The van der Waals surface area contributed by atoms with Crippen molar-refractivity contribution in [1.29, 1.82) is 0 Å². The van der Waals surface area contributed by atoms with Crippen molar-refractivity contribution in [2.24, 2.45) is 0 Å². The molecule has 2 aliphatic heterocycles. The van der Waals surface area contributed by atoms with E-state index in [1.807, 2.05) is 0 Å². The summed E-state index contributed by atoms with van der Waals surface area (Å²) in [5, 5.41) is 8.96. The van der Waals surface area contributed by atoms with Crippen LogP contribution in [-0.4, -0.2) is 29.2 Å². The van der Waals surface area contributed by atoms with Gasteiger partial charge in [-0.25, -0.2) is 0 Å². The fourth-order valence-electron chi connectivity index (χ4n) is 2.14. The molecule has 0 bridgehead atoms. The summed E-state index contributed by atoms with van der Waals surface area (Å²) in [5.74, 6) is 0. The maximum atomic E-state index is 8.96. The minimum atomic E-state index is 0. The van der Waals surface area contributed by atoms with Gasteiger partial charge in [0.05, 0.1) is 6.61 Å². The third-order valence-electron chi connectivity index (χ3n) is 2.69. The molecule has 0 aliphatic carbocycles. The Hall–Kier alpha value is 1.56. The van der Waals surface area contributed by atoms with E-state index in [4.69, 9.17) is 5.11 Å². The van der Waals surface area contributed by atoms with Crippen LogP contribution in [-0.2, 0) is 0 Å². The summed E-state index contributed by atoms with van der Waals surface area (Å²) in [6, 6.07) is 2.07. The van der Waals surface area contributed by atoms with E-state index >= 15 is 0 Å². The smallest absolute Gasteiger partial charge is 0.449 e. The van der Waals surface area contributed by atoms with Crippen LogP contribution in [0, 0.1) is 6.04 Å². The molecule has 1 N–H and O–H groups in total. The molecule has 0 aromatic carbocycles. The normalized spacial score (nSPS) is 31.9. The Kier molecular flexibility index (Phi) is 4.54. The predicted molar refractivity (Wildman–Crippen MR) is 39.3 cm³/mol. The van der Waals surface area contributed by atoms with Crippen LogP contribution >= 0.6 is 0 Å². The van der Waals surface area contributed by atoms with Gasteiger partial charge in [-0.1, -0.05) is 12.8 Å². The third kappa shape index (κ3) is 2.07. The Labute approximate surface area is 111 Å². The zero-order valence-corrected chi connectivity index (χ0v) is 10.3. The number of aliphatic hydroxyl groups excluding tert-OH is 1. The molecule has 0 saturated carbocycles. The van der Waals surface area contributed by atoms with Gasteiger partial charge in [0.1, 0.15) is 0 Å². The second-order valence-electron chi connectivity index (χ2n) is 3.24. The Morgan fingerprint density at radius 2 is 2.27 bits per heavy atom. The fourth-order valence-corrected chi connectivity index (χ4v) is 2.14. The predicted octanol–water partition coefficient (Wildman–Crippen LogP) is -2.23. The first-order chi connectivity index (χ1) is 4.92. The van der Waals surface area contributed by atoms with E-state index in [-0.39, 0.29) is 51.4 Å². The topological polar surface area (TPSA) is 23.5 Å². The molecular formula is C8H14KNO. The maximum Gasteiger partial charge on any atom is 1.00 e. The third-order valence-corrected chi connectivity index (χ3v) is 2.69. The van der Waals surface area contributed by atoms with Crippen molar-refractivity contribution in [3.63, 3.8) is 0 Å². The molecule has 1 unspecified atom stereocenters. The minimum absolute atomic E-state index is 0. The van der Waals surface area contributed by atoms with Gasteiger partial charge < -0.3 is 10.0 Å². The van der Waals surface area contributed by atoms with E-state index in [2.05, 4.69) is 4.90 Å². The summed E-state index contributed by atoms with van der Waals surface area (Å²) in [4.78, 5) is 2.40. The van der Waals surface area contributed by atoms with Crippen LogP contribution in [0.3, 0.4) is 0 Å². The van der Waals surface area contributed by atoms with E-state index in [0.717, 1.165) is 0 Å². The van der Waals surface area contributed by atoms with Gasteiger partial charge in [0.2, 0.25) is 0 Å². The average Bonchev–Trinajstić information content (AvgIpc) is 2.44. The maximum absolute atomic E-state index is 8.96. The number of aliphatic hydroxyl groups is 1. The largest absolute Gasteiger partial charge is 1.00 e. The summed E-state index contributed by atoms with van der Waals surface area (Å²) < 4.78 is 0. The van der Waals surface area contributed by atoms with Crippen molar-refractivity contribution < 1.29 is 56.5 Å². The molecule has 58 valence electrons. The van der Waals surface area contributed by atoms with Gasteiger partial charge in [-0.15, -0.1) is 0 Å². The molecule has 1 atom stereocenters. The van der Waals surface area contributed by atoms with Crippen molar-refractivity contribution in [1.82, 2.24) is 4.90 Å². The Bertz CT molecular complexity index is 131. The molecule has 2 saturated heterocycles. The average molecular weight is 179 g/mol. The molecule has 0 spiro atoms. The summed E-state index contributed by atoms with van der Waals surface area (Å²) >= 11 is 0. The van der Waals surface area contributed by atoms with Crippen LogP contribution in [0.15, 0.2) is 0 Å². The fraction of sp³-hybridized carbons (Fsp3) is 0.875. The zero-order chi connectivity index (χ0) is 6.97. The van der Waals surface area contributed by atoms with E-state index in [0.29, 0.717) is 12.6 Å². The second kappa shape index (κ2) is 4.70. The van der Waals surface area contributed by atoms with Gasteiger partial charge >= 0.3 is 51.4 Å². The monoisotopic (exact) mass is 179 g/mol. The van der Waals surface area contributed by atoms with Crippen LogP contribution in [0.4, 0.5) is 0 Å². The van der Waals surface area contributed by atoms with Crippen LogP contribution in [0.5, 0.6) is 0 Å². The quantitative estimate of drug-likeness (QED) is 0.364. The van der Waals surface area contributed by atoms with Gasteiger partial charge in [-0.3, -0.25) is 6.04 Å². The van der Waals surface area contributed by atoms with Crippen molar-refractivity contribution in [3.8, 4) is 0 Å². The van der Waals surface area contributed by atoms with E-state index in [9.17, 15) is 0 Å². The Morgan fingerprint density at radius 3 is 3.00 bits per heavy atom. The van der Waals surface area contributed by atoms with Crippen molar-refractivity contribution >= 4 is 0 Å². The van der Waals surface area contributed by atoms with E-state index < -0.39 is 0 Å². The molecule has 2 fully saturated rings. The molecule has 2 heterocycles. The molecule has 2 rings (SSSR count). The standard InChI is InChI=1S/C8H14NO.K/c10-6-8-4-3-7-2-1-5-9(7)8;/h8,10H,1-6H2;/q-1;+1. The van der Waals surface area contributed by atoms with Gasteiger partial charge in [-0.05, 0) is 6.54 Å². The van der Waals surface area contributed by atoms with Gasteiger partial charge in [0.25, 0.3) is 0 Å². The molecule has 0 aromatic rings. The van der Waals surface area contributed by atoms with E-state index in [1.54, 1.807) is 6.04 Å². The second-order valence-corrected chi connectivity index (χ2v) is 3.24. The molecule has 3 heteroatoms.